The second-order valence-electron chi connectivity index (χ2n) is 7.25. The smallest absolute Gasteiger partial charge is 0.320 e. The molecule has 1 atom stereocenters. The second kappa shape index (κ2) is 6.27. The van der Waals surface area contributed by atoms with Crippen LogP contribution >= 0.6 is 0 Å². The summed E-state index contributed by atoms with van der Waals surface area (Å²) in [5, 5.41) is 2.85. The highest BCUT2D eigenvalue weighted by Gasteiger charge is 2.42. The zero-order chi connectivity index (χ0) is 19.2. The van der Waals surface area contributed by atoms with E-state index in [4.69, 9.17) is 5.73 Å². The lowest BCUT2D eigenvalue weighted by atomic mass is 9.88. The van der Waals surface area contributed by atoms with Crippen LogP contribution < -0.4 is 11.1 Å². The van der Waals surface area contributed by atoms with E-state index < -0.39 is 23.4 Å². The predicted molar refractivity (Wildman–Crippen MR) is 94.8 cm³/mol. The van der Waals surface area contributed by atoms with Crippen LogP contribution in [0.1, 0.15) is 41.1 Å². The summed E-state index contributed by atoms with van der Waals surface area (Å²) in [6.45, 7) is 0.477. The molecule has 2 aromatic rings. The van der Waals surface area contributed by atoms with E-state index in [-0.39, 0.29) is 6.03 Å². The molecule has 7 heteroatoms. The van der Waals surface area contributed by atoms with Gasteiger partial charge >= 0.3 is 12.2 Å². The number of nitrogens with zero attached hydrogens (tertiary/aromatic N) is 1. The van der Waals surface area contributed by atoms with Crippen molar-refractivity contribution in [3.05, 3.63) is 70.8 Å². The largest absolute Gasteiger partial charge is 0.416 e. The summed E-state index contributed by atoms with van der Waals surface area (Å²) in [7, 11) is 0. The van der Waals surface area contributed by atoms with Gasteiger partial charge in [-0.2, -0.15) is 13.2 Å². The summed E-state index contributed by atoms with van der Waals surface area (Å²) in [4.78, 5) is 14.5. The topological polar surface area (TPSA) is 58.4 Å². The van der Waals surface area contributed by atoms with Crippen LogP contribution in [0.3, 0.4) is 0 Å². The van der Waals surface area contributed by atoms with Crippen molar-refractivity contribution >= 4 is 6.03 Å². The van der Waals surface area contributed by atoms with E-state index in [1.807, 2.05) is 24.3 Å². The maximum absolute atomic E-state index is 12.9. The van der Waals surface area contributed by atoms with Crippen molar-refractivity contribution < 1.29 is 18.0 Å². The van der Waals surface area contributed by atoms with Gasteiger partial charge in [0.1, 0.15) is 0 Å². The Hall–Kier alpha value is -2.54. The van der Waals surface area contributed by atoms with Crippen LogP contribution in [0.4, 0.5) is 18.0 Å². The number of hydrogen-bond acceptors (Lipinski definition) is 2. The van der Waals surface area contributed by atoms with E-state index >= 15 is 0 Å². The van der Waals surface area contributed by atoms with Crippen molar-refractivity contribution in [3.63, 3.8) is 0 Å². The third-order valence-corrected chi connectivity index (χ3v) is 5.24. The number of rotatable bonds is 2. The van der Waals surface area contributed by atoms with Gasteiger partial charge in [-0.3, -0.25) is 0 Å². The number of hydrogen-bond donors (Lipinski definition) is 2. The highest BCUT2D eigenvalue weighted by molar-refractivity contribution is 5.77. The minimum absolute atomic E-state index is 0.283. The van der Waals surface area contributed by atoms with Crippen molar-refractivity contribution in [1.29, 1.82) is 0 Å². The Labute approximate surface area is 155 Å². The molecule has 2 aliphatic rings. The zero-order valence-corrected chi connectivity index (χ0v) is 14.6. The number of nitrogens with two attached hydrogens (primary N) is 1. The Morgan fingerprint density at radius 2 is 1.78 bits per heavy atom. The van der Waals surface area contributed by atoms with Gasteiger partial charge in [-0.05, 0) is 48.1 Å². The van der Waals surface area contributed by atoms with Crippen LogP contribution in [0.2, 0.25) is 0 Å². The SMILES string of the molecule is NC1(NC(=O)N2CCc3ccccc3[C@H]2c2ccc(C(F)(F)F)cc2)CC1. The lowest BCUT2D eigenvalue weighted by Crippen LogP contribution is -2.53. The van der Waals surface area contributed by atoms with Crippen LogP contribution in [0.25, 0.3) is 0 Å². The molecular formula is C20H20F3N3O. The molecule has 1 aliphatic carbocycles. The number of amides is 2. The van der Waals surface area contributed by atoms with Crippen molar-refractivity contribution in [2.24, 2.45) is 5.73 Å². The van der Waals surface area contributed by atoms with Crippen LogP contribution in [-0.4, -0.2) is 23.1 Å². The second-order valence-corrected chi connectivity index (χ2v) is 7.25. The number of urea groups is 1. The molecule has 4 nitrogen and oxygen atoms in total. The Bertz CT molecular complexity index is 860. The van der Waals surface area contributed by atoms with Crippen molar-refractivity contribution in [1.82, 2.24) is 10.2 Å². The predicted octanol–water partition coefficient (Wildman–Crippen LogP) is 3.81. The molecule has 0 radical (unpaired) electrons. The first-order valence-corrected chi connectivity index (χ1v) is 8.89. The Morgan fingerprint density at radius 3 is 2.41 bits per heavy atom. The van der Waals surface area contributed by atoms with Crippen molar-refractivity contribution in [3.8, 4) is 0 Å². The average molecular weight is 375 g/mol. The van der Waals surface area contributed by atoms with E-state index in [1.165, 1.54) is 12.1 Å². The summed E-state index contributed by atoms with van der Waals surface area (Å²) in [6, 6.07) is 12.0. The number of carbonyl (C=O) groups excluding carboxylic acids is 1. The first kappa shape index (κ1) is 17.9. The Balaban J connectivity index is 1.71. The monoisotopic (exact) mass is 375 g/mol. The molecule has 0 spiro atoms. The van der Waals surface area contributed by atoms with E-state index in [9.17, 15) is 18.0 Å². The number of benzene rings is 2. The molecule has 2 amide bonds. The molecular weight excluding hydrogens is 355 g/mol. The van der Waals surface area contributed by atoms with Gasteiger partial charge in [0.2, 0.25) is 0 Å². The molecule has 3 N–H and O–H groups in total. The maximum atomic E-state index is 12.9. The molecule has 1 saturated carbocycles. The fraction of sp³-hybridized carbons (Fsp3) is 0.350. The molecule has 1 heterocycles. The van der Waals surface area contributed by atoms with Crippen LogP contribution in [0.5, 0.6) is 0 Å². The Kier molecular flexibility index (Phi) is 4.14. The van der Waals surface area contributed by atoms with Crippen molar-refractivity contribution in [2.75, 3.05) is 6.54 Å². The number of halogens is 3. The molecule has 2 aromatic carbocycles. The van der Waals surface area contributed by atoms with Gasteiger partial charge in [0.15, 0.2) is 0 Å². The standard InChI is InChI=1S/C20H20F3N3O/c21-20(22,23)15-7-5-14(6-8-15)17-16-4-2-1-3-13(16)9-12-26(17)18(27)25-19(24)10-11-19/h1-8,17H,9-12,24H2,(H,25,27)/t17-/m1/s1. The lowest BCUT2D eigenvalue weighted by Gasteiger charge is -2.38. The van der Waals surface area contributed by atoms with E-state index in [1.54, 1.807) is 4.90 Å². The quantitative estimate of drug-likeness (QED) is 0.785. The zero-order valence-electron chi connectivity index (χ0n) is 14.6. The third kappa shape index (κ3) is 3.51. The fourth-order valence-electron chi connectivity index (χ4n) is 3.54. The van der Waals surface area contributed by atoms with E-state index in [2.05, 4.69) is 5.32 Å². The van der Waals surface area contributed by atoms with Gasteiger partial charge in [-0.25, -0.2) is 4.79 Å². The summed E-state index contributed by atoms with van der Waals surface area (Å²) >= 11 is 0. The normalized spacial score (nSPS) is 20.7. The molecule has 0 saturated heterocycles. The summed E-state index contributed by atoms with van der Waals surface area (Å²) in [5.41, 5.74) is 7.33. The maximum Gasteiger partial charge on any atom is 0.416 e. The van der Waals surface area contributed by atoms with Gasteiger partial charge in [0.05, 0.1) is 17.3 Å². The number of fused-ring (bicyclic) bond motifs is 1. The molecule has 0 unspecified atom stereocenters. The van der Waals surface area contributed by atoms with Crippen LogP contribution in [-0.2, 0) is 12.6 Å². The van der Waals surface area contributed by atoms with Gasteiger partial charge in [-0.15, -0.1) is 0 Å². The molecule has 1 fully saturated rings. The molecule has 0 aromatic heterocycles. The molecule has 142 valence electrons. The highest BCUT2D eigenvalue weighted by Crippen LogP contribution is 2.38. The molecule has 0 bridgehead atoms. The van der Waals surface area contributed by atoms with Gasteiger partial charge in [-0.1, -0.05) is 36.4 Å². The molecule has 1 aliphatic heterocycles. The number of alkyl halides is 3. The first-order valence-electron chi connectivity index (χ1n) is 8.89. The highest BCUT2D eigenvalue weighted by atomic mass is 19.4. The summed E-state index contributed by atoms with van der Waals surface area (Å²) in [6.07, 6.45) is -2.24. The van der Waals surface area contributed by atoms with Gasteiger partial charge in [0.25, 0.3) is 0 Å². The molecule has 27 heavy (non-hydrogen) atoms. The minimum Gasteiger partial charge on any atom is -0.320 e. The lowest BCUT2D eigenvalue weighted by molar-refractivity contribution is -0.137. The van der Waals surface area contributed by atoms with E-state index in [0.717, 1.165) is 36.1 Å². The summed E-state index contributed by atoms with van der Waals surface area (Å²) < 4.78 is 38.7. The van der Waals surface area contributed by atoms with E-state index in [0.29, 0.717) is 18.5 Å². The van der Waals surface area contributed by atoms with Crippen molar-refractivity contribution in [2.45, 2.75) is 37.1 Å². The minimum atomic E-state index is -4.39. The number of carbonyl (C=O) groups is 1. The number of nitrogens with one attached hydrogen (secondary N) is 1. The van der Waals surface area contributed by atoms with Crippen LogP contribution in [0.15, 0.2) is 48.5 Å². The summed E-state index contributed by atoms with van der Waals surface area (Å²) in [5.74, 6) is 0. The Morgan fingerprint density at radius 1 is 1.11 bits per heavy atom. The average Bonchev–Trinajstić information content (AvgIpc) is 3.36. The van der Waals surface area contributed by atoms with Crippen LogP contribution in [0, 0.1) is 0 Å². The third-order valence-electron chi connectivity index (χ3n) is 5.24. The van der Waals surface area contributed by atoms with Gasteiger partial charge in [0, 0.05) is 6.54 Å². The fourth-order valence-corrected chi connectivity index (χ4v) is 3.54. The molecule has 4 rings (SSSR count). The van der Waals surface area contributed by atoms with Gasteiger partial charge < -0.3 is 16.0 Å². The first-order chi connectivity index (χ1) is 12.8.